The van der Waals surface area contributed by atoms with Crippen molar-refractivity contribution in [2.45, 2.75) is 37.9 Å². The predicted octanol–water partition coefficient (Wildman–Crippen LogP) is 2.36. The van der Waals surface area contributed by atoms with Crippen molar-refractivity contribution in [1.82, 2.24) is 0 Å². The van der Waals surface area contributed by atoms with Gasteiger partial charge in [0.2, 0.25) is 0 Å². The van der Waals surface area contributed by atoms with Crippen molar-refractivity contribution < 1.29 is 28.5 Å². The molecule has 0 N–H and O–H groups in total. The maximum atomic E-state index is 12.3. The van der Waals surface area contributed by atoms with E-state index in [0.717, 1.165) is 25.7 Å². The molecule has 0 aliphatic carbocycles. The fourth-order valence-corrected chi connectivity index (χ4v) is 2.88. The molecule has 6 heteroatoms. The number of carbonyl (C=O) groups excluding carboxylic acids is 2. The summed E-state index contributed by atoms with van der Waals surface area (Å²) in [7, 11) is 0. The Hall–Kier alpha value is -1.92. The van der Waals surface area contributed by atoms with Crippen molar-refractivity contribution in [2.75, 3.05) is 26.4 Å². The fourth-order valence-electron chi connectivity index (χ4n) is 2.88. The van der Waals surface area contributed by atoms with Gasteiger partial charge in [0.1, 0.15) is 13.2 Å². The first-order chi connectivity index (χ1) is 11.7. The monoisotopic (exact) mass is 334 g/mol. The summed E-state index contributed by atoms with van der Waals surface area (Å²) in [5.74, 6) is -1.06. The first-order valence-corrected chi connectivity index (χ1v) is 8.40. The highest BCUT2D eigenvalue weighted by Gasteiger charge is 2.23. The molecular weight excluding hydrogens is 312 g/mol. The highest BCUT2D eigenvalue weighted by molar-refractivity contribution is 6.03. The summed E-state index contributed by atoms with van der Waals surface area (Å²) in [6, 6.07) is 6.53. The minimum absolute atomic E-state index is 0.0485. The zero-order valence-corrected chi connectivity index (χ0v) is 13.6. The number of hydrogen-bond acceptors (Lipinski definition) is 6. The van der Waals surface area contributed by atoms with Gasteiger partial charge in [-0.2, -0.15) is 0 Å². The molecule has 2 aliphatic heterocycles. The van der Waals surface area contributed by atoms with Gasteiger partial charge in [-0.15, -0.1) is 0 Å². The quantitative estimate of drug-likeness (QED) is 0.744. The van der Waals surface area contributed by atoms with Gasteiger partial charge in [-0.05, 0) is 37.8 Å². The van der Waals surface area contributed by atoms with Crippen LogP contribution in [0.2, 0.25) is 0 Å². The van der Waals surface area contributed by atoms with Gasteiger partial charge in [0, 0.05) is 13.2 Å². The maximum Gasteiger partial charge on any atom is 0.339 e. The predicted molar refractivity (Wildman–Crippen MR) is 85.0 cm³/mol. The van der Waals surface area contributed by atoms with E-state index in [4.69, 9.17) is 18.9 Å². The molecule has 2 atom stereocenters. The molecule has 24 heavy (non-hydrogen) atoms. The number of rotatable bonds is 6. The first-order valence-electron chi connectivity index (χ1n) is 8.40. The minimum Gasteiger partial charge on any atom is -0.459 e. The van der Waals surface area contributed by atoms with Crippen LogP contribution in [-0.4, -0.2) is 50.6 Å². The molecule has 1 aromatic carbocycles. The van der Waals surface area contributed by atoms with Crippen LogP contribution in [0.4, 0.5) is 0 Å². The van der Waals surface area contributed by atoms with Crippen LogP contribution in [0.5, 0.6) is 0 Å². The Kier molecular flexibility index (Phi) is 5.82. The number of carbonyl (C=O) groups is 2. The smallest absolute Gasteiger partial charge is 0.339 e. The van der Waals surface area contributed by atoms with Gasteiger partial charge in [-0.25, -0.2) is 9.59 Å². The Morgan fingerprint density at radius 3 is 1.71 bits per heavy atom. The number of benzene rings is 1. The lowest BCUT2D eigenvalue weighted by Gasteiger charge is -2.13. The van der Waals surface area contributed by atoms with Gasteiger partial charge in [0.25, 0.3) is 0 Å². The van der Waals surface area contributed by atoms with E-state index < -0.39 is 11.9 Å². The van der Waals surface area contributed by atoms with E-state index in [0.29, 0.717) is 13.2 Å². The summed E-state index contributed by atoms with van der Waals surface area (Å²) >= 11 is 0. The van der Waals surface area contributed by atoms with E-state index in [2.05, 4.69) is 0 Å². The third-order valence-electron chi connectivity index (χ3n) is 4.22. The minimum atomic E-state index is -0.532. The second-order valence-corrected chi connectivity index (χ2v) is 6.01. The van der Waals surface area contributed by atoms with Crippen molar-refractivity contribution in [3.05, 3.63) is 35.4 Å². The van der Waals surface area contributed by atoms with Crippen molar-refractivity contribution >= 4 is 11.9 Å². The van der Waals surface area contributed by atoms with Crippen molar-refractivity contribution in [3.63, 3.8) is 0 Å². The Balaban J connectivity index is 1.58. The Morgan fingerprint density at radius 2 is 1.33 bits per heavy atom. The highest BCUT2D eigenvalue weighted by Crippen LogP contribution is 2.17. The average Bonchev–Trinajstić information content (AvgIpc) is 3.31. The molecule has 0 bridgehead atoms. The van der Waals surface area contributed by atoms with Gasteiger partial charge < -0.3 is 18.9 Å². The zero-order valence-electron chi connectivity index (χ0n) is 13.6. The second-order valence-electron chi connectivity index (χ2n) is 6.01. The molecule has 2 saturated heterocycles. The van der Waals surface area contributed by atoms with E-state index >= 15 is 0 Å². The van der Waals surface area contributed by atoms with Crippen LogP contribution in [0.3, 0.4) is 0 Å². The van der Waals surface area contributed by atoms with E-state index in [1.54, 1.807) is 24.3 Å². The van der Waals surface area contributed by atoms with Gasteiger partial charge in [0.05, 0.1) is 23.3 Å². The van der Waals surface area contributed by atoms with E-state index in [1.165, 1.54) is 0 Å². The molecular formula is C18H22O6. The molecule has 2 unspecified atom stereocenters. The summed E-state index contributed by atoms with van der Waals surface area (Å²) < 4.78 is 21.4. The number of esters is 2. The normalized spacial score (nSPS) is 23.2. The van der Waals surface area contributed by atoms with Crippen LogP contribution in [0.1, 0.15) is 46.4 Å². The molecule has 2 heterocycles. The number of ether oxygens (including phenoxy) is 4. The molecule has 2 fully saturated rings. The maximum absolute atomic E-state index is 12.3. The third kappa shape index (κ3) is 4.33. The summed E-state index contributed by atoms with van der Waals surface area (Å²) in [5, 5.41) is 0. The van der Waals surface area contributed by atoms with Gasteiger partial charge >= 0.3 is 11.9 Å². The lowest BCUT2D eigenvalue weighted by molar-refractivity contribution is 0.0130. The average molecular weight is 334 g/mol. The van der Waals surface area contributed by atoms with Crippen LogP contribution in [0.25, 0.3) is 0 Å². The topological polar surface area (TPSA) is 71.1 Å². The second kappa shape index (κ2) is 8.26. The summed E-state index contributed by atoms with van der Waals surface area (Å²) in [5.41, 5.74) is 0.431. The molecule has 0 radical (unpaired) electrons. The fraction of sp³-hybridized carbons (Fsp3) is 0.556. The van der Waals surface area contributed by atoms with E-state index in [9.17, 15) is 9.59 Å². The summed E-state index contributed by atoms with van der Waals surface area (Å²) in [6.07, 6.45) is 3.64. The van der Waals surface area contributed by atoms with Crippen LogP contribution in [-0.2, 0) is 18.9 Å². The lowest BCUT2D eigenvalue weighted by Crippen LogP contribution is -2.22. The molecule has 0 aromatic heterocycles. The molecule has 0 amide bonds. The van der Waals surface area contributed by atoms with Crippen LogP contribution >= 0.6 is 0 Å². The van der Waals surface area contributed by atoms with E-state index in [-0.39, 0.29) is 36.5 Å². The standard InChI is InChI=1S/C18H22O6/c19-17(23-11-13-5-3-9-21-13)15-7-1-2-8-16(15)18(20)24-12-14-6-4-10-22-14/h1-2,7-8,13-14H,3-6,9-12H2. The molecule has 6 nitrogen and oxygen atoms in total. The zero-order chi connectivity index (χ0) is 16.8. The lowest BCUT2D eigenvalue weighted by atomic mass is 10.1. The van der Waals surface area contributed by atoms with Crippen molar-refractivity contribution in [3.8, 4) is 0 Å². The van der Waals surface area contributed by atoms with Gasteiger partial charge in [-0.1, -0.05) is 12.1 Å². The Labute approximate surface area is 141 Å². The van der Waals surface area contributed by atoms with Crippen molar-refractivity contribution in [2.24, 2.45) is 0 Å². The SMILES string of the molecule is O=C(OCC1CCCO1)c1ccccc1C(=O)OCC1CCCO1. The Bertz CT molecular complexity index is 522. The van der Waals surface area contributed by atoms with Crippen LogP contribution < -0.4 is 0 Å². The molecule has 2 aliphatic rings. The Morgan fingerprint density at radius 1 is 0.875 bits per heavy atom. The third-order valence-corrected chi connectivity index (χ3v) is 4.22. The molecule has 1 aromatic rings. The highest BCUT2D eigenvalue weighted by atomic mass is 16.6. The summed E-state index contributed by atoms with van der Waals surface area (Å²) in [4.78, 5) is 24.6. The first kappa shape index (κ1) is 16.9. The van der Waals surface area contributed by atoms with Crippen LogP contribution in [0.15, 0.2) is 24.3 Å². The van der Waals surface area contributed by atoms with E-state index in [1.807, 2.05) is 0 Å². The molecule has 0 spiro atoms. The van der Waals surface area contributed by atoms with Gasteiger partial charge in [-0.3, -0.25) is 0 Å². The van der Waals surface area contributed by atoms with Crippen LogP contribution in [0, 0.1) is 0 Å². The number of hydrogen-bond donors (Lipinski definition) is 0. The van der Waals surface area contributed by atoms with Gasteiger partial charge in [0.15, 0.2) is 0 Å². The largest absolute Gasteiger partial charge is 0.459 e. The molecule has 130 valence electrons. The summed E-state index contributed by atoms with van der Waals surface area (Å²) in [6.45, 7) is 1.82. The molecule has 0 saturated carbocycles. The van der Waals surface area contributed by atoms with Crippen molar-refractivity contribution in [1.29, 1.82) is 0 Å². The molecule has 3 rings (SSSR count).